The van der Waals surface area contributed by atoms with Gasteiger partial charge in [-0.1, -0.05) is 35.3 Å². The summed E-state index contributed by atoms with van der Waals surface area (Å²) in [4.78, 5) is 11.8. The van der Waals surface area contributed by atoms with Crippen LogP contribution in [0, 0.1) is 0 Å². The number of benzene rings is 2. The van der Waals surface area contributed by atoms with E-state index >= 15 is 0 Å². The molecule has 0 unspecified atom stereocenters. The fraction of sp³-hybridized carbons (Fsp3) is 0.235. The van der Waals surface area contributed by atoms with E-state index in [1.165, 1.54) is 38.5 Å². The summed E-state index contributed by atoms with van der Waals surface area (Å²) < 4.78 is 37.2. The normalized spacial score (nSPS) is 11.1. The van der Waals surface area contributed by atoms with Crippen molar-refractivity contribution in [1.29, 1.82) is 0 Å². The van der Waals surface area contributed by atoms with Gasteiger partial charge in [-0.15, -0.1) is 0 Å². The van der Waals surface area contributed by atoms with Crippen LogP contribution in [0.25, 0.3) is 0 Å². The number of sulfonamides is 1. The second-order valence-electron chi connectivity index (χ2n) is 5.07. The quantitative estimate of drug-likeness (QED) is 0.663. The van der Waals surface area contributed by atoms with Crippen LogP contribution in [0.15, 0.2) is 41.3 Å². The Labute approximate surface area is 162 Å². The number of rotatable bonds is 6. The highest BCUT2D eigenvalue weighted by Gasteiger charge is 2.30. The molecule has 0 spiro atoms. The van der Waals surface area contributed by atoms with Crippen molar-refractivity contribution in [2.24, 2.45) is 0 Å². The molecule has 0 bridgehead atoms. The van der Waals surface area contributed by atoms with Crippen LogP contribution in [0.4, 0.5) is 5.69 Å². The number of ether oxygens (including phenoxy) is 2. The van der Waals surface area contributed by atoms with E-state index < -0.39 is 16.0 Å². The summed E-state index contributed by atoms with van der Waals surface area (Å²) in [7, 11) is -1.47. The number of nitrogens with zero attached hydrogens (tertiary/aromatic N) is 1. The molecule has 26 heavy (non-hydrogen) atoms. The Morgan fingerprint density at radius 3 is 2.31 bits per heavy atom. The molecule has 0 saturated carbocycles. The molecule has 0 fully saturated rings. The van der Waals surface area contributed by atoms with E-state index in [2.05, 4.69) is 0 Å². The van der Waals surface area contributed by atoms with E-state index in [0.717, 1.165) is 4.31 Å². The van der Waals surface area contributed by atoms with Crippen molar-refractivity contribution < 1.29 is 22.7 Å². The Kier molecular flexibility index (Phi) is 6.39. The molecule has 0 N–H and O–H groups in total. The molecular formula is C17H17Cl2NO5S. The molecule has 2 rings (SSSR count). The number of para-hydroxylation sites is 1. The zero-order chi connectivity index (χ0) is 19.5. The Morgan fingerprint density at radius 1 is 1.08 bits per heavy atom. The van der Waals surface area contributed by atoms with Gasteiger partial charge in [0.25, 0.3) is 10.0 Å². The molecule has 2 aromatic rings. The lowest BCUT2D eigenvalue weighted by Crippen LogP contribution is -2.32. The third kappa shape index (κ3) is 3.60. The second kappa shape index (κ2) is 8.16. The Hall–Kier alpha value is -1.96. The molecule has 140 valence electrons. The summed E-state index contributed by atoms with van der Waals surface area (Å²) >= 11 is 12.3. The number of halogens is 2. The number of anilines is 1. The molecule has 0 aliphatic carbocycles. The summed E-state index contributed by atoms with van der Waals surface area (Å²) in [5, 5.41) is -0.160. The van der Waals surface area contributed by atoms with Crippen LogP contribution in [-0.2, 0) is 14.8 Å². The first kappa shape index (κ1) is 20.4. The van der Waals surface area contributed by atoms with Crippen molar-refractivity contribution in [2.75, 3.05) is 25.1 Å². The highest BCUT2D eigenvalue weighted by Crippen LogP contribution is 2.39. The second-order valence-corrected chi connectivity index (χ2v) is 7.66. The Morgan fingerprint density at radius 2 is 1.73 bits per heavy atom. The number of methoxy groups -OCH3 is 2. The van der Waals surface area contributed by atoms with Gasteiger partial charge in [0.2, 0.25) is 0 Å². The fourth-order valence-electron chi connectivity index (χ4n) is 2.43. The van der Waals surface area contributed by atoms with Gasteiger partial charge >= 0.3 is 5.97 Å². The average Bonchev–Trinajstić information content (AvgIpc) is 2.63. The number of carbonyl (C=O) groups excluding carboxylic acids is 1. The molecule has 0 saturated heterocycles. The summed E-state index contributed by atoms with van der Waals surface area (Å²) in [6.45, 7) is 1.71. The van der Waals surface area contributed by atoms with Gasteiger partial charge < -0.3 is 9.47 Å². The molecule has 0 heterocycles. The first-order valence-corrected chi connectivity index (χ1v) is 9.71. The summed E-state index contributed by atoms with van der Waals surface area (Å²) in [5.41, 5.74) is 0.306. The molecule has 6 nitrogen and oxygen atoms in total. The number of esters is 1. The molecule has 0 aliphatic heterocycles. The smallest absolute Gasteiger partial charge is 0.340 e. The van der Waals surface area contributed by atoms with Gasteiger partial charge in [-0.05, 0) is 31.2 Å². The molecule has 0 aromatic heterocycles. The lowest BCUT2D eigenvalue weighted by molar-refractivity contribution is 0.0601. The van der Waals surface area contributed by atoms with E-state index in [0.29, 0.717) is 0 Å². The van der Waals surface area contributed by atoms with Gasteiger partial charge in [-0.3, -0.25) is 4.31 Å². The summed E-state index contributed by atoms with van der Waals surface area (Å²) in [6, 6.07) is 8.98. The average molecular weight is 418 g/mol. The lowest BCUT2D eigenvalue weighted by atomic mass is 10.2. The van der Waals surface area contributed by atoms with E-state index in [4.69, 9.17) is 32.7 Å². The third-order valence-corrected chi connectivity index (χ3v) is 6.57. The molecular weight excluding hydrogens is 401 g/mol. The van der Waals surface area contributed by atoms with Crippen LogP contribution in [0.2, 0.25) is 10.0 Å². The highest BCUT2D eigenvalue weighted by molar-refractivity contribution is 7.93. The van der Waals surface area contributed by atoms with Crippen LogP contribution in [-0.4, -0.2) is 35.2 Å². The molecule has 9 heteroatoms. The molecule has 0 atom stereocenters. The maximum atomic E-state index is 13.2. The summed E-state index contributed by atoms with van der Waals surface area (Å²) in [6.07, 6.45) is 0. The maximum Gasteiger partial charge on any atom is 0.340 e. The minimum atomic E-state index is -4.09. The monoisotopic (exact) mass is 417 g/mol. The van der Waals surface area contributed by atoms with Crippen molar-refractivity contribution in [3.63, 3.8) is 0 Å². The van der Waals surface area contributed by atoms with E-state index in [1.54, 1.807) is 19.1 Å². The topological polar surface area (TPSA) is 72.9 Å². The van der Waals surface area contributed by atoms with Crippen LogP contribution in [0.3, 0.4) is 0 Å². The van der Waals surface area contributed by atoms with Crippen molar-refractivity contribution in [3.05, 3.63) is 52.0 Å². The van der Waals surface area contributed by atoms with Crippen molar-refractivity contribution in [1.82, 2.24) is 0 Å². The van der Waals surface area contributed by atoms with Crippen LogP contribution in [0.5, 0.6) is 5.75 Å². The third-order valence-electron chi connectivity index (χ3n) is 3.66. The predicted octanol–water partition coefficient (Wildman–Crippen LogP) is 4.00. The van der Waals surface area contributed by atoms with Crippen molar-refractivity contribution in [3.8, 4) is 5.75 Å². The number of carbonyl (C=O) groups is 1. The molecule has 2 aromatic carbocycles. The number of hydrogen-bond acceptors (Lipinski definition) is 5. The largest absolute Gasteiger partial charge is 0.495 e. The molecule has 0 aliphatic rings. The predicted molar refractivity (Wildman–Crippen MR) is 101 cm³/mol. The van der Waals surface area contributed by atoms with Crippen molar-refractivity contribution in [2.45, 2.75) is 11.8 Å². The standard InChI is InChI=1S/C17H17Cl2NO5S/c1-4-20(12-8-6-5-7-11(12)17(21)25-3)26(22,23)14-10-9-13(24-2)15(18)16(14)19/h5-10H,4H2,1-3H3. The van der Waals surface area contributed by atoms with Crippen LogP contribution < -0.4 is 9.04 Å². The zero-order valence-corrected chi connectivity index (χ0v) is 16.7. The van der Waals surface area contributed by atoms with Gasteiger partial charge in [0.05, 0.1) is 30.5 Å². The van der Waals surface area contributed by atoms with Gasteiger partial charge in [-0.2, -0.15) is 0 Å². The van der Waals surface area contributed by atoms with Gasteiger partial charge in [-0.25, -0.2) is 13.2 Å². The minimum Gasteiger partial charge on any atom is -0.495 e. The Balaban J connectivity index is 2.65. The SMILES string of the molecule is CCN(c1ccccc1C(=O)OC)S(=O)(=O)c1ccc(OC)c(Cl)c1Cl. The van der Waals surface area contributed by atoms with Gasteiger partial charge in [0.1, 0.15) is 15.7 Å². The summed E-state index contributed by atoms with van der Waals surface area (Å²) in [5.74, 6) is -0.387. The molecule has 0 amide bonds. The first-order chi connectivity index (χ1) is 12.3. The van der Waals surface area contributed by atoms with Crippen LogP contribution >= 0.6 is 23.2 Å². The lowest BCUT2D eigenvalue weighted by Gasteiger charge is -2.25. The van der Waals surface area contributed by atoms with Gasteiger partial charge in [0.15, 0.2) is 0 Å². The van der Waals surface area contributed by atoms with Crippen LogP contribution in [0.1, 0.15) is 17.3 Å². The minimum absolute atomic E-state index is 0.00690. The number of hydrogen-bond donors (Lipinski definition) is 0. The highest BCUT2D eigenvalue weighted by atomic mass is 35.5. The first-order valence-electron chi connectivity index (χ1n) is 7.51. The van der Waals surface area contributed by atoms with Gasteiger partial charge in [0, 0.05) is 6.54 Å². The Bertz CT molecular complexity index is 931. The fourth-order valence-corrected chi connectivity index (χ4v) is 4.74. The van der Waals surface area contributed by atoms with E-state index in [-0.39, 0.29) is 38.5 Å². The molecule has 0 radical (unpaired) electrons. The maximum absolute atomic E-state index is 13.2. The van der Waals surface area contributed by atoms with E-state index in [9.17, 15) is 13.2 Å². The van der Waals surface area contributed by atoms with Crippen molar-refractivity contribution >= 4 is 44.9 Å². The zero-order valence-electron chi connectivity index (χ0n) is 14.3. The van der Waals surface area contributed by atoms with E-state index in [1.807, 2.05) is 0 Å².